The number of likely N-dealkylation sites (tertiary alicyclic amines) is 1. The lowest BCUT2D eigenvalue weighted by molar-refractivity contribution is -0.133. The van der Waals surface area contributed by atoms with Crippen molar-refractivity contribution in [2.45, 2.75) is 26.2 Å². The lowest BCUT2D eigenvalue weighted by atomic mass is 9.95. The van der Waals surface area contributed by atoms with Gasteiger partial charge in [-0.3, -0.25) is 9.59 Å². The average Bonchev–Trinajstić information content (AvgIpc) is 2.65. The highest BCUT2D eigenvalue weighted by Gasteiger charge is 2.27. The number of carbonyl (C=O) groups excluding carboxylic acids is 2. The molecule has 1 aliphatic rings. The van der Waals surface area contributed by atoms with Gasteiger partial charge >= 0.3 is 0 Å². The minimum atomic E-state index is -0.0749. The van der Waals surface area contributed by atoms with E-state index in [1.165, 1.54) is 0 Å². The first-order valence-electron chi connectivity index (χ1n) is 8.91. The van der Waals surface area contributed by atoms with Crippen LogP contribution in [0.15, 0.2) is 48.5 Å². The summed E-state index contributed by atoms with van der Waals surface area (Å²) in [5.74, 6) is 0.0559. The van der Waals surface area contributed by atoms with Crippen molar-refractivity contribution in [1.29, 1.82) is 0 Å². The molecule has 0 unspecified atom stereocenters. The van der Waals surface area contributed by atoms with E-state index in [2.05, 4.69) is 5.32 Å². The maximum atomic E-state index is 12.5. The number of halogens is 1. The standard InChI is InChI=1S/C21H23ClN2O2/c1-15-7-8-18(22)14-19(15)23-21(26)17-9-11-24(12-10-17)20(25)13-16-5-3-2-4-6-16/h2-8,14,17H,9-13H2,1H3,(H,23,26). The van der Waals surface area contributed by atoms with Gasteiger partial charge in [-0.15, -0.1) is 0 Å². The summed E-state index contributed by atoms with van der Waals surface area (Å²) in [6, 6.07) is 15.2. The van der Waals surface area contributed by atoms with Gasteiger partial charge in [0, 0.05) is 29.7 Å². The van der Waals surface area contributed by atoms with Crippen LogP contribution >= 0.6 is 11.6 Å². The Morgan fingerprint density at radius 3 is 2.50 bits per heavy atom. The summed E-state index contributed by atoms with van der Waals surface area (Å²) in [7, 11) is 0. The third kappa shape index (κ3) is 4.64. The zero-order valence-electron chi connectivity index (χ0n) is 14.9. The van der Waals surface area contributed by atoms with E-state index in [4.69, 9.17) is 11.6 Å². The van der Waals surface area contributed by atoms with Crippen LogP contribution in [0.1, 0.15) is 24.0 Å². The zero-order valence-corrected chi connectivity index (χ0v) is 15.6. The van der Waals surface area contributed by atoms with Crippen molar-refractivity contribution in [2.24, 2.45) is 5.92 Å². The third-order valence-electron chi connectivity index (χ3n) is 4.87. The highest BCUT2D eigenvalue weighted by atomic mass is 35.5. The van der Waals surface area contributed by atoms with Crippen LogP contribution in [-0.2, 0) is 16.0 Å². The maximum Gasteiger partial charge on any atom is 0.227 e. The molecule has 2 aromatic carbocycles. The molecule has 0 radical (unpaired) electrons. The van der Waals surface area contributed by atoms with Gasteiger partial charge in [0.2, 0.25) is 11.8 Å². The fourth-order valence-corrected chi connectivity index (χ4v) is 3.41. The Kier molecular flexibility index (Phi) is 5.94. The number of benzene rings is 2. The van der Waals surface area contributed by atoms with Crippen molar-refractivity contribution < 1.29 is 9.59 Å². The van der Waals surface area contributed by atoms with E-state index in [1.807, 2.05) is 54.3 Å². The lowest BCUT2D eigenvalue weighted by Crippen LogP contribution is -2.42. The first-order valence-corrected chi connectivity index (χ1v) is 9.29. The van der Waals surface area contributed by atoms with Gasteiger partial charge in [0.05, 0.1) is 6.42 Å². The lowest BCUT2D eigenvalue weighted by Gasteiger charge is -2.31. The summed E-state index contributed by atoms with van der Waals surface area (Å²) in [5.41, 5.74) is 2.76. The average molecular weight is 371 g/mol. The summed E-state index contributed by atoms with van der Waals surface area (Å²) < 4.78 is 0. The molecule has 1 heterocycles. The molecule has 2 amide bonds. The van der Waals surface area contributed by atoms with Crippen LogP contribution in [0.5, 0.6) is 0 Å². The SMILES string of the molecule is Cc1ccc(Cl)cc1NC(=O)C1CCN(C(=O)Cc2ccccc2)CC1. The van der Waals surface area contributed by atoms with E-state index < -0.39 is 0 Å². The Bertz CT molecular complexity index is 784. The van der Waals surface area contributed by atoms with Crippen molar-refractivity contribution >= 4 is 29.1 Å². The first-order chi connectivity index (χ1) is 12.5. The van der Waals surface area contributed by atoms with Gasteiger partial charge in [-0.05, 0) is 43.0 Å². The van der Waals surface area contributed by atoms with Gasteiger partial charge in [0.15, 0.2) is 0 Å². The van der Waals surface area contributed by atoms with Crippen LogP contribution in [0.3, 0.4) is 0 Å². The molecule has 1 fully saturated rings. The summed E-state index contributed by atoms with van der Waals surface area (Å²) in [6.07, 6.45) is 1.79. The van der Waals surface area contributed by atoms with E-state index in [9.17, 15) is 9.59 Å². The predicted molar refractivity (Wildman–Crippen MR) is 104 cm³/mol. The van der Waals surface area contributed by atoms with Gasteiger partial charge < -0.3 is 10.2 Å². The van der Waals surface area contributed by atoms with E-state index >= 15 is 0 Å². The van der Waals surface area contributed by atoms with Gasteiger partial charge in [-0.25, -0.2) is 0 Å². The minimum Gasteiger partial charge on any atom is -0.342 e. The number of nitrogens with zero attached hydrogens (tertiary/aromatic N) is 1. The van der Waals surface area contributed by atoms with Crippen molar-refractivity contribution in [2.75, 3.05) is 18.4 Å². The van der Waals surface area contributed by atoms with Crippen molar-refractivity contribution in [1.82, 2.24) is 4.90 Å². The second-order valence-electron chi connectivity index (χ2n) is 6.77. The van der Waals surface area contributed by atoms with Crippen LogP contribution in [-0.4, -0.2) is 29.8 Å². The second-order valence-corrected chi connectivity index (χ2v) is 7.20. The molecule has 1 N–H and O–H groups in total. The molecule has 0 bridgehead atoms. The van der Waals surface area contributed by atoms with Crippen molar-refractivity contribution in [3.63, 3.8) is 0 Å². The molecular formula is C21H23ClN2O2. The van der Waals surface area contributed by atoms with Gasteiger partial charge in [0.1, 0.15) is 0 Å². The first kappa shape index (κ1) is 18.5. The van der Waals surface area contributed by atoms with Crippen LogP contribution < -0.4 is 5.32 Å². The number of rotatable bonds is 4. The fraction of sp³-hybridized carbons (Fsp3) is 0.333. The molecule has 2 aromatic rings. The van der Waals surface area contributed by atoms with Crippen LogP contribution in [0.25, 0.3) is 0 Å². The number of carbonyl (C=O) groups is 2. The Labute approximate surface area is 159 Å². The molecule has 136 valence electrons. The Morgan fingerprint density at radius 2 is 1.81 bits per heavy atom. The quantitative estimate of drug-likeness (QED) is 0.882. The molecule has 1 saturated heterocycles. The predicted octanol–water partition coefficient (Wildman–Crippen LogP) is 4.07. The minimum absolute atomic E-state index is 0.00512. The summed E-state index contributed by atoms with van der Waals surface area (Å²) >= 11 is 6.01. The number of anilines is 1. The molecule has 1 aliphatic heterocycles. The topological polar surface area (TPSA) is 49.4 Å². The highest BCUT2D eigenvalue weighted by Crippen LogP contribution is 2.24. The number of aryl methyl sites for hydroxylation is 1. The van der Waals surface area contributed by atoms with Gasteiger partial charge in [-0.1, -0.05) is 48.0 Å². The summed E-state index contributed by atoms with van der Waals surface area (Å²) in [5, 5.41) is 3.58. The van der Waals surface area contributed by atoms with E-state index in [1.54, 1.807) is 6.07 Å². The highest BCUT2D eigenvalue weighted by molar-refractivity contribution is 6.31. The number of nitrogens with one attached hydrogen (secondary N) is 1. The number of hydrogen-bond donors (Lipinski definition) is 1. The smallest absolute Gasteiger partial charge is 0.227 e. The molecule has 0 atom stereocenters. The number of piperidine rings is 1. The van der Waals surface area contributed by atoms with Crippen molar-refractivity contribution in [3.05, 3.63) is 64.7 Å². The van der Waals surface area contributed by atoms with Gasteiger partial charge in [0.25, 0.3) is 0 Å². The fourth-order valence-electron chi connectivity index (χ4n) is 3.24. The molecule has 0 aliphatic carbocycles. The van der Waals surface area contributed by atoms with Gasteiger partial charge in [-0.2, -0.15) is 0 Å². The molecular weight excluding hydrogens is 348 g/mol. The Morgan fingerprint density at radius 1 is 1.12 bits per heavy atom. The summed E-state index contributed by atoms with van der Waals surface area (Å²) in [4.78, 5) is 26.8. The molecule has 3 rings (SSSR count). The molecule has 26 heavy (non-hydrogen) atoms. The monoisotopic (exact) mass is 370 g/mol. The van der Waals surface area contributed by atoms with Crippen LogP contribution in [0.2, 0.25) is 5.02 Å². The van der Waals surface area contributed by atoms with E-state index in [0.29, 0.717) is 37.4 Å². The zero-order chi connectivity index (χ0) is 18.5. The third-order valence-corrected chi connectivity index (χ3v) is 5.11. The van der Waals surface area contributed by atoms with E-state index in [-0.39, 0.29) is 17.7 Å². The largest absolute Gasteiger partial charge is 0.342 e. The molecule has 4 nitrogen and oxygen atoms in total. The Hall–Kier alpha value is -2.33. The normalized spacial score (nSPS) is 14.9. The molecule has 0 saturated carbocycles. The van der Waals surface area contributed by atoms with Crippen LogP contribution in [0.4, 0.5) is 5.69 Å². The molecule has 0 spiro atoms. The molecule has 5 heteroatoms. The number of hydrogen-bond acceptors (Lipinski definition) is 2. The molecule has 0 aromatic heterocycles. The summed E-state index contributed by atoms with van der Waals surface area (Å²) in [6.45, 7) is 3.19. The van der Waals surface area contributed by atoms with Crippen molar-refractivity contribution in [3.8, 4) is 0 Å². The maximum absolute atomic E-state index is 12.5. The van der Waals surface area contributed by atoms with E-state index in [0.717, 1.165) is 16.8 Å². The number of amides is 2. The Balaban J connectivity index is 1.52. The second kappa shape index (κ2) is 8.37. The van der Waals surface area contributed by atoms with Crippen LogP contribution in [0, 0.1) is 12.8 Å².